The molecule has 0 aromatic heterocycles. The van der Waals surface area contributed by atoms with Gasteiger partial charge >= 0.3 is 8.03 Å². The molecule has 0 aliphatic heterocycles. The van der Waals surface area contributed by atoms with E-state index in [4.69, 9.17) is 22.2 Å². The summed E-state index contributed by atoms with van der Waals surface area (Å²) >= 11 is 8.32. The molecule has 0 saturated heterocycles. The van der Waals surface area contributed by atoms with E-state index in [2.05, 4.69) is 60.7 Å². The van der Waals surface area contributed by atoms with Gasteiger partial charge in [0.1, 0.15) is 0 Å². The molecule has 0 spiro atoms. The maximum atomic E-state index is 11.1. The molecule has 1 unspecified atom stereocenters. The molecule has 33 heavy (non-hydrogen) atoms. The topological polar surface area (TPSA) is 63.3 Å². The van der Waals surface area contributed by atoms with Crippen LogP contribution in [0.3, 0.4) is 0 Å². The minimum atomic E-state index is -2.15. The molecule has 3 aromatic rings. The number of benzene rings is 3. The van der Waals surface area contributed by atoms with Crippen molar-refractivity contribution in [1.29, 1.82) is 0 Å². The van der Waals surface area contributed by atoms with Crippen molar-refractivity contribution < 1.29 is 9.46 Å². The number of aryl methyl sites for hydroxylation is 3. The van der Waals surface area contributed by atoms with Crippen molar-refractivity contribution in [2.24, 2.45) is 5.73 Å². The summed E-state index contributed by atoms with van der Waals surface area (Å²) in [5.74, 6) is 0. The van der Waals surface area contributed by atoms with Crippen LogP contribution in [0.25, 0.3) is 0 Å². The standard InChI is InChI=1S/C27H31ClNO2PS/c1-2-27(29,17-18-32(30)31)16-15-23-13-14-25(20-26(23)28)33-24-10-6-9-22(19-24)12-11-21-7-4-3-5-8-21/h3-10,13-14,19-20H,2,11-12,15-18,29H2,1H3/p+1/t27-/m0/s1. The largest absolute Gasteiger partial charge is 0.505 e. The van der Waals surface area contributed by atoms with E-state index >= 15 is 0 Å². The van der Waals surface area contributed by atoms with Gasteiger partial charge in [0, 0.05) is 26.8 Å². The van der Waals surface area contributed by atoms with Gasteiger partial charge in [-0.25, -0.2) is 0 Å². The zero-order valence-electron chi connectivity index (χ0n) is 19.0. The molecule has 0 heterocycles. The van der Waals surface area contributed by atoms with Gasteiger partial charge in [0.25, 0.3) is 0 Å². The van der Waals surface area contributed by atoms with Crippen LogP contribution in [0.4, 0.5) is 0 Å². The monoisotopic (exact) mass is 500 g/mol. The lowest BCUT2D eigenvalue weighted by Crippen LogP contribution is -2.40. The molecule has 0 fully saturated rings. The number of hydrogen-bond acceptors (Lipinski definition) is 3. The number of hydrogen-bond donors (Lipinski definition) is 2. The van der Waals surface area contributed by atoms with Crippen LogP contribution in [-0.4, -0.2) is 16.6 Å². The highest BCUT2D eigenvalue weighted by Gasteiger charge is 2.27. The Labute approximate surface area is 207 Å². The van der Waals surface area contributed by atoms with Gasteiger partial charge in [-0.3, -0.25) is 0 Å². The zero-order chi connectivity index (χ0) is 23.7. The predicted molar refractivity (Wildman–Crippen MR) is 141 cm³/mol. The molecule has 0 saturated carbocycles. The molecule has 0 aliphatic carbocycles. The third-order valence-corrected chi connectivity index (χ3v) is 8.04. The minimum Gasteiger partial charge on any atom is -0.325 e. The van der Waals surface area contributed by atoms with E-state index in [-0.39, 0.29) is 6.16 Å². The van der Waals surface area contributed by atoms with E-state index < -0.39 is 13.6 Å². The Kier molecular flexibility index (Phi) is 9.97. The van der Waals surface area contributed by atoms with Crippen LogP contribution in [0.15, 0.2) is 82.6 Å². The first-order valence-corrected chi connectivity index (χ1v) is 14.0. The summed E-state index contributed by atoms with van der Waals surface area (Å²) in [4.78, 5) is 11.4. The van der Waals surface area contributed by atoms with Crippen molar-refractivity contribution in [3.8, 4) is 0 Å². The number of halogens is 1. The Bertz CT molecular complexity index is 1060. The molecular weight excluding hydrogens is 469 g/mol. The van der Waals surface area contributed by atoms with Crippen molar-refractivity contribution in [2.45, 2.75) is 60.8 Å². The van der Waals surface area contributed by atoms with Crippen LogP contribution < -0.4 is 5.73 Å². The fourth-order valence-electron chi connectivity index (χ4n) is 3.81. The molecule has 0 aliphatic rings. The van der Waals surface area contributed by atoms with E-state index in [1.54, 1.807) is 11.8 Å². The molecule has 174 valence electrons. The summed E-state index contributed by atoms with van der Waals surface area (Å²) in [6.07, 6.45) is 5.09. The van der Waals surface area contributed by atoms with E-state index in [0.29, 0.717) is 6.42 Å². The smallest absolute Gasteiger partial charge is 0.325 e. The highest BCUT2D eigenvalue weighted by atomic mass is 35.5. The van der Waals surface area contributed by atoms with Gasteiger partial charge in [0.05, 0.1) is 0 Å². The molecule has 3 nitrogen and oxygen atoms in total. The second kappa shape index (κ2) is 12.7. The molecule has 0 amide bonds. The Morgan fingerprint density at radius 3 is 2.30 bits per heavy atom. The molecule has 0 radical (unpaired) electrons. The normalized spacial score (nSPS) is 13.5. The van der Waals surface area contributed by atoms with Gasteiger partial charge in [0.2, 0.25) is 0 Å². The molecule has 6 heteroatoms. The number of rotatable bonds is 12. The highest BCUT2D eigenvalue weighted by Crippen LogP contribution is 2.33. The Balaban J connectivity index is 1.59. The van der Waals surface area contributed by atoms with Crippen molar-refractivity contribution in [2.75, 3.05) is 6.16 Å². The molecular formula is C27H32ClNO2PS+. The first-order chi connectivity index (χ1) is 15.9. The minimum absolute atomic E-state index is 0.243. The summed E-state index contributed by atoms with van der Waals surface area (Å²) in [7, 11) is -2.15. The van der Waals surface area contributed by atoms with Crippen LogP contribution >= 0.6 is 31.4 Å². The Morgan fingerprint density at radius 2 is 1.61 bits per heavy atom. The second-order valence-corrected chi connectivity index (χ2v) is 11.2. The van der Waals surface area contributed by atoms with Crippen LogP contribution in [-0.2, 0) is 23.8 Å². The van der Waals surface area contributed by atoms with Crippen LogP contribution in [0.1, 0.15) is 42.9 Å². The first kappa shape index (κ1) is 25.9. The Morgan fingerprint density at radius 1 is 0.909 bits per heavy atom. The quantitative estimate of drug-likeness (QED) is 0.254. The molecule has 0 bridgehead atoms. The van der Waals surface area contributed by atoms with Gasteiger partial charge in [-0.2, -0.15) is 4.89 Å². The molecule has 2 atom stereocenters. The maximum absolute atomic E-state index is 11.1. The van der Waals surface area contributed by atoms with E-state index in [0.717, 1.165) is 47.6 Å². The fraction of sp³-hybridized carbons (Fsp3) is 0.333. The number of nitrogens with two attached hydrogens (primary N) is 1. The first-order valence-electron chi connectivity index (χ1n) is 11.4. The Hall–Kier alpha value is -1.68. The maximum Gasteiger partial charge on any atom is 0.505 e. The summed E-state index contributed by atoms with van der Waals surface area (Å²) in [5, 5.41) is 0.743. The van der Waals surface area contributed by atoms with Crippen molar-refractivity contribution in [1.82, 2.24) is 0 Å². The molecule has 3 rings (SSSR count). The summed E-state index contributed by atoms with van der Waals surface area (Å²) in [6, 6.07) is 25.5. The van der Waals surface area contributed by atoms with Crippen molar-refractivity contribution in [3.63, 3.8) is 0 Å². The third kappa shape index (κ3) is 8.55. The lowest BCUT2D eigenvalue weighted by Gasteiger charge is -2.26. The van der Waals surface area contributed by atoms with Gasteiger partial charge < -0.3 is 5.73 Å². The predicted octanol–water partition coefficient (Wildman–Crippen LogP) is 7.44. The lowest BCUT2D eigenvalue weighted by molar-refractivity contribution is 0.364. The van der Waals surface area contributed by atoms with E-state index in [9.17, 15) is 4.57 Å². The molecule has 3 aromatic carbocycles. The third-order valence-electron chi connectivity index (χ3n) is 6.10. The van der Waals surface area contributed by atoms with E-state index in [1.807, 2.05) is 19.1 Å². The van der Waals surface area contributed by atoms with Crippen LogP contribution in [0.5, 0.6) is 0 Å². The van der Waals surface area contributed by atoms with Crippen molar-refractivity contribution in [3.05, 3.63) is 94.5 Å². The zero-order valence-corrected chi connectivity index (χ0v) is 21.5. The summed E-state index contributed by atoms with van der Waals surface area (Å²) in [6.45, 7) is 2.03. The highest BCUT2D eigenvalue weighted by molar-refractivity contribution is 7.99. The van der Waals surface area contributed by atoms with Gasteiger partial charge in [-0.1, -0.05) is 78.8 Å². The van der Waals surface area contributed by atoms with E-state index in [1.165, 1.54) is 16.0 Å². The van der Waals surface area contributed by atoms with Crippen molar-refractivity contribution >= 4 is 31.4 Å². The average molecular weight is 501 g/mol. The SMILES string of the molecule is CC[C@](N)(CCc1ccc(Sc2cccc(CCc3ccccc3)c2)cc1Cl)CC[P+](=O)O. The fourth-order valence-corrected chi connectivity index (χ4v) is 5.73. The lowest BCUT2D eigenvalue weighted by atomic mass is 9.87. The summed E-state index contributed by atoms with van der Waals surface area (Å²) < 4.78 is 11.1. The van der Waals surface area contributed by atoms with Crippen LogP contribution in [0, 0.1) is 0 Å². The second-order valence-electron chi connectivity index (χ2n) is 8.53. The average Bonchev–Trinajstić information content (AvgIpc) is 2.82. The van der Waals surface area contributed by atoms with Gasteiger partial charge in [-0.05, 0) is 77.6 Å². The summed E-state index contributed by atoms with van der Waals surface area (Å²) in [5.41, 5.74) is 9.77. The molecule has 3 N–H and O–H groups in total. The van der Waals surface area contributed by atoms with Gasteiger partial charge in [-0.15, -0.1) is 0 Å². The van der Waals surface area contributed by atoms with Gasteiger partial charge in [0.15, 0.2) is 6.16 Å². The van der Waals surface area contributed by atoms with Crippen LogP contribution in [0.2, 0.25) is 5.02 Å².